The van der Waals surface area contributed by atoms with Crippen molar-refractivity contribution in [2.45, 2.75) is 6.17 Å². The molecule has 0 aromatic heterocycles. The van der Waals surface area contributed by atoms with E-state index in [1.54, 1.807) is 0 Å². The van der Waals surface area contributed by atoms with Crippen LogP contribution < -0.4 is 11.5 Å². The van der Waals surface area contributed by atoms with Crippen LogP contribution in [0.2, 0.25) is 0 Å². The number of nitrogens with zero attached hydrogens (tertiary/aromatic N) is 1. The van der Waals surface area contributed by atoms with Crippen molar-refractivity contribution in [2.75, 3.05) is 6.54 Å². The number of nitrogens with two attached hydrogens (primary N) is 2. The number of aliphatic imine (C=N–C) groups is 1. The first-order chi connectivity index (χ1) is 2.81. The van der Waals surface area contributed by atoms with E-state index in [1.807, 2.05) is 0 Å². The summed E-state index contributed by atoms with van der Waals surface area (Å²) in [5.41, 5.74) is 10.1. The Morgan fingerprint density at radius 1 is 1.83 bits per heavy atom. The van der Waals surface area contributed by atoms with Crippen LogP contribution >= 0.6 is 0 Å². The molecular formula is C3H9N3. The smallest absolute Gasteiger partial charge is 0.109 e. The maximum atomic E-state index is 5.12. The normalized spacial score (nSPS) is 13.7. The second kappa shape index (κ2) is 2.81. The van der Waals surface area contributed by atoms with E-state index in [1.165, 1.54) is 0 Å². The molecule has 0 fully saturated rings. The quantitative estimate of drug-likeness (QED) is 0.421. The van der Waals surface area contributed by atoms with E-state index in [0.29, 0.717) is 6.54 Å². The average Bonchev–Trinajstić information content (AvgIpc) is 1.65. The van der Waals surface area contributed by atoms with Gasteiger partial charge in [-0.3, -0.25) is 4.99 Å². The molecule has 0 aromatic carbocycles. The van der Waals surface area contributed by atoms with Gasteiger partial charge in [-0.1, -0.05) is 0 Å². The number of hydrogen-bond donors (Lipinski definition) is 2. The predicted molar refractivity (Wildman–Crippen MR) is 26.6 cm³/mol. The zero-order valence-electron chi connectivity index (χ0n) is 3.59. The first-order valence-corrected chi connectivity index (χ1v) is 1.72. The summed E-state index contributed by atoms with van der Waals surface area (Å²) < 4.78 is 0. The lowest BCUT2D eigenvalue weighted by atomic mass is 10.5. The standard InChI is InChI=1S/C3H9N3/c1-6-3(5)2-4/h3H,1-2,4-5H2. The third kappa shape index (κ3) is 1.87. The van der Waals surface area contributed by atoms with Crippen molar-refractivity contribution in [3.8, 4) is 0 Å². The van der Waals surface area contributed by atoms with Gasteiger partial charge in [0.1, 0.15) is 6.17 Å². The van der Waals surface area contributed by atoms with Gasteiger partial charge in [0.2, 0.25) is 0 Å². The Morgan fingerprint density at radius 3 is 2.33 bits per heavy atom. The van der Waals surface area contributed by atoms with Gasteiger partial charge in [-0.2, -0.15) is 0 Å². The van der Waals surface area contributed by atoms with Crippen LogP contribution in [0.4, 0.5) is 0 Å². The van der Waals surface area contributed by atoms with E-state index in [0.717, 1.165) is 0 Å². The van der Waals surface area contributed by atoms with E-state index in [2.05, 4.69) is 11.7 Å². The van der Waals surface area contributed by atoms with Crippen LogP contribution in [-0.4, -0.2) is 19.4 Å². The molecule has 36 valence electrons. The van der Waals surface area contributed by atoms with Gasteiger partial charge in [-0.05, 0) is 6.72 Å². The second-order valence-corrected chi connectivity index (χ2v) is 0.986. The Balaban J connectivity index is 2.96. The van der Waals surface area contributed by atoms with Crippen LogP contribution in [0.1, 0.15) is 0 Å². The van der Waals surface area contributed by atoms with E-state index >= 15 is 0 Å². The molecule has 0 heterocycles. The molecule has 0 aliphatic carbocycles. The van der Waals surface area contributed by atoms with Crippen LogP contribution in [0.15, 0.2) is 4.99 Å². The molecule has 0 rings (SSSR count). The molecule has 0 radical (unpaired) electrons. The number of hydrogen-bond acceptors (Lipinski definition) is 3. The van der Waals surface area contributed by atoms with Gasteiger partial charge in [0, 0.05) is 6.54 Å². The van der Waals surface area contributed by atoms with Crippen LogP contribution in [0.25, 0.3) is 0 Å². The Hall–Kier alpha value is -0.410. The molecule has 0 aromatic rings. The topological polar surface area (TPSA) is 64.4 Å². The minimum atomic E-state index is -0.273. The molecular weight excluding hydrogens is 78.1 g/mol. The Kier molecular flexibility index (Phi) is 2.62. The zero-order valence-corrected chi connectivity index (χ0v) is 3.59. The fraction of sp³-hybridized carbons (Fsp3) is 0.667. The minimum Gasteiger partial charge on any atom is -0.327 e. The van der Waals surface area contributed by atoms with Crippen molar-refractivity contribution in [2.24, 2.45) is 16.5 Å². The van der Waals surface area contributed by atoms with Crippen molar-refractivity contribution in [3.05, 3.63) is 0 Å². The molecule has 6 heavy (non-hydrogen) atoms. The maximum absolute atomic E-state index is 5.12. The molecule has 0 aliphatic heterocycles. The summed E-state index contributed by atoms with van der Waals surface area (Å²) in [5, 5.41) is 0. The highest BCUT2D eigenvalue weighted by Gasteiger charge is 1.85. The van der Waals surface area contributed by atoms with Gasteiger partial charge in [0.25, 0.3) is 0 Å². The van der Waals surface area contributed by atoms with E-state index in [4.69, 9.17) is 11.5 Å². The van der Waals surface area contributed by atoms with Gasteiger partial charge >= 0.3 is 0 Å². The van der Waals surface area contributed by atoms with Crippen molar-refractivity contribution in [3.63, 3.8) is 0 Å². The van der Waals surface area contributed by atoms with Crippen LogP contribution in [-0.2, 0) is 0 Å². The van der Waals surface area contributed by atoms with Crippen LogP contribution in [0, 0.1) is 0 Å². The largest absolute Gasteiger partial charge is 0.327 e. The maximum Gasteiger partial charge on any atom is 0.109 e. The Bertz CT molecular complexity index is 43.3. The average molecular weight is 87.1 g/mol. The lowest BCUT2D eigenvalue weighted by molar-refractivity contribution is 0.726. The molecule has 0 spiro atoms. The Morgan fingerprint density at radius 2 is 2.33 bits per heavy atom. The highest BCUT2D eigenvalue weighted by molar-refractivity contribution is 5.23. The molecule has 0 saturated heterocycles. The van der Waals surface area contributed by atoms with Gasteiger partial charge in [-0.25, -0.2) is 0 Å². The second-order valence-electron chi connectivity index (χ2n) is 0.986. The van der Waals surface area contributed by atoms with E-state index < -0.39 is 0 Å². The van der Waals surface area contributed by atoms with Gasteiger partial charge in [-0.15, -0.1) is 0 Å². The molecule has 1 unspecified atom stereocenters. The predicted octanol–water partition coefficient (Wildman–Crippen LogP) is -1.07. The van der Waals surface area contributed by atoms with Crippen LogP contribution in [0.5, 0.6) is 0 Å². The summed E-state index contributed by atoms with van der Waals surface area (Å²) in [6.45, 7) is 3.55. The minimum absolute atomic E-state index is 0.273. The number of rotatable bonds is 2. The molecule has 3 heteroatoms. The fourth-order valence-electron chi connectivity index (χ4n) is 0.0745. The SMILES string of the molecule is C=NC(N)CN. The zero-order chi connectivity index (χ0) is 4.99. The third-order valence-electron chi connectivity index (χ3n) is 0.476. The van der Waals surface area contributed by atoms with Gasteiger partial charge in [0.15, 0.2) is 0 Å². The van der Waals surface area contributed by atoms with Crippen LogP contribution in [0.3, 0.4) is 0 Å². The van der Waals surface area contributed by atoms with Crippen molar-refractivity contribution in [1.29, 1.82) is 0 Å². The van der Waals surface area contributed by atoms with Gasteiger partial charge < -0.3 is 11.5 Å². The monoisotopic (exact) mass is 87.1 g/mol. The lowest BCUT2D eigenvalue weighted by Gasteiger charge is -1.95. The molecule has 1 atom stereocenters. The highest BCUT2D eigenvalue weighted by Crippen LogP contribution is 1.66. The van der Waals surface area contributed by atoms with Gasteiger partial charge in [0.05, 0.1) is 0 Å². The van der Waals surface area contributed by atoms with E-state index in [9.17, 15) is 0 Å². The summed E-state index contributed by atoms with van der Waals surface area (Å²) in [7, 11) is 0. The summed E-state index contributed by atoms with van der Waals surface area (Å²) >= 11 is 0. The highest BCUT2D eigenvalue weighted by atomic mass is 14.9. The summed E-state index contributed by atoms with van der Waals surface area (Å²) in [6, 6.07) is 0. The lowest BCUT2D eigenvalue weighted by Crippen LogP contribution is -2.26. The van der Waals surface area contributed by atoms with Crippen molar-refractivity contribution >= 4 is 6.72 Å². The molecule has 4 N–H and O–H groups in total. The summed E-state index contributed by atoms with van der Waals surface area (Å²) in [5.74, 6) is 0. The van der Waals surface area contributed by atoms with Crippen molar-refractivity contribution in [1.82, 2.24) is 0 Å². The van der Waals surface area contributed by atoms with Crippen molar-refractivity contribution < 1.29 is 0 Å². The molecule has 0 bridgehead atoms. The molecule has 0 saturated carbocycles. The summed E-state index contributed by atoms with van der Waals surface area (Å²) in [6.07, 6.45) is -0.273. The first kappa shape index (κ1) is 5.59. The molecule has 0 amide bonds. The molecule has 0 aliphatic rings. The Labute approximate surface area is 37.0 Å². The molecule has 3 nitrogen and oxygen atoms in total. The summed E-state index contributed by atoms with van der Waals surface area (Å²) in [4.78, 5) is 3.41. The first-order valence-electron chi connectivity index (χ1n) is 1.72. The third-order valence-corrected chi connectivity index (χ3v) is 0.476. The fourth-order valence-corrected chi connectivity index (χ4v) is 0.0745. The van der Waals surface area contributed by atoms with E-state index in [-0.39, 0.29) is 6.17 Å².